The number of nitrogens with one attached hydrogen (secondary N) is 3. The van der Waals surface area contributed by atoms with Crippen LogP contribution in [0.25, 0.3) is 0 Å². The Morgan fingerprint density at radius 2 is 1.76 bits per heavy atom. The quantitative estimate of drug-likeness (QED) is 0.334. The number of guanidine groups is 1. The Labute approximate surface area is 153 Å². The van der Waals surface area contributed by atoms with Crippen LogP contribution in [0.15, 0.2) is 4.99 Å². The fourth-order valence-corrected chi connectivity index (χ4v) is 3.66. The molecule has 1 aliphatic heterocycles. The van der Waals surface area contributed by atoms with Crippen molar-refractivity contribution in [1.82, 2.24) is 20.9 Å². The fourth-order valence-electron chi connectivity index (χ4n) is 3.66. The average Bonchev–Trinajstić information content (AvgIpc) is 3.39. The predicted molar refractivity (Wildman–Crippen MR) is 104 cm³/mol. The Kier molecular flexibility index (Phi) is 8.52. The van der Waals surface area contributed by atoms with Crippen LogP contribution < -0.4 is 16.0 Å². The van der Waals surface area contributed by atoms with Crippen LogP contribution in [0.1, 0.15) is 46.5 Å². The van der Waals surface area contributed by atoms with Crippen LogP contribution >= 0.6 is 0 Å². The average molecular weight is 352 g/mol. The highest BCUT2D eigenvalue weighted by Crippen LogP contribution is 2.28. The number of nitrogens with zero attached hydrogens (tertiary/aromatic N) is 2. The van der Waals surface area contributed by atoms with Gasteiger partial charge in [-0.2, -0.15) is 0 Å². The number of piperidine rings is 1. The largest absolute Gasteiger partial charge is 0.357 e. The lowest BCUT2D eigenvalue weighted by molar-refractivity contribution is -0.122. The summed E-state index contributed by atoms with van der Waals surface area (Å²) in [5.74, 6) is 2.97. The van der Waals surface area contributed by atoms with Crippen LogP contribution in [0, 0.1) is 17.8 Å². The van der Waals surface area contributed by atoms with Crippen molar-refractivity contribution in [2.75, 3.05) is 45.8 Å². The predicted octanol–water partition coefficient (Wildman–Crippen LogP) is 1.44. The first-order valence-electron chi connectivity index (χ1n) is 10.1. The van der Waals surface area contributed by atoms with Gasteiger partial charge in [0.2, 0.25) is 5.91 Å². The molecule has 0 bridgehead atoms. The first-order chi connectivity index (χ1) is 12.1. The minimum absolute atomic E-state index is 0.203. The number of likely N-dealkylation sites (tertiary alicyclic amines) is 1. The molecule has 2 fully saturated rings. The Morgan fingerprint density at radius 3 is 2.40 bits per heavy atom. The summed E-state index contributed by atoms with van der Waals surface area (Å²) >= 11 is 0. The molecule has 6 nitrogen and oxygen atoms in total. The Balaban J connectivity index is 1.60. The number of rotatable bonds is 9. The van der Waals surface area contributed by atoms with E-state index in [4.69, 9.17) is 0 Å². The highest BCUT2D eigenvalue weighted by molar-refractivity contribution is 5.81. The van der Waals surface area contributed by atoms with Gasteiger partial charge in [-0.3, -0.25) is 9.79 Å². The van der Waals surface area contributed by atoms with Crippen molar-refractivity contribution in [3.05, 3.63) is 0 Å². The molecule has 0 spiro atoms. The molecule has 1 amide bonds. The zero-order valence-corrected chi connectivity index (χ0v) is 16.3. The highest BCUT2D eigenvalue weighted by Gasteiger charge is 2.28. The second-order valence-electron chi connectivity index (χ2n) is 7.81. The van der Waals surface area contributed by atoms with E-state index in [2.05, 4.69) is 46.6 Å². The number of hydrogen-bond acceptors (Lipinski definition) is 3. The van der Waals surface area contributed by atoms with Crippen molar-refractivity contribution in [1.29, 1.82) is 0 Å². The Morgan fingerprint density at radius 1 is 1.08 bits per heavy atom. The van der Waals surface area contributed by atoms with E-state index in [1.165, 1.54) is 19.5 Å². The van der Waals surface area contributed by atoms with Gasteiger partial charge in [-0.15, -0.1) is 0 Å². The van der Waals surface area contributed by atoms with Gasteiger partial charge >= 0.3 is 0 Å². The zero-order valence-electron chi connectivity index (χ0n) is 16.3. The van der Waals surface area contributed by atoms with E-state index < -0.39 is 0 Å². The lowest BCUT2D eigenvalue weighted by atomic mass is 9.92. The van der Waals surface area contributed by atoms with Crippen LogP contribution in [0.2, 0.25) is 0 Å². The number of aliphatic imine (C=N–C) groups is 1. The maximum absolute atomic E-state index is 11.6. The van der Waals surface area contributed by atoms with Gasteiger partial charge in [0.1, 0.15) is 0 Å². The first kappa shape index (κ1) is 20.0. The third-order valence-corrected chi connectivity index (χ3v) is 4.86. The molecule has 2 unspecified atom stereocenters. The maximum atomic E-state index is 11.6. The molecule has 25 heavy (non-hydrogen) atoms. The Bertz CT molecular complexity index is 426. The standard InChI is InChI=1S/C19H37N5O/c1-4-20-19(23-10-9-21-18(25)17-6-7-17)22-8-5-11-24-13-15(2)12-16(3)14-24/h15-17H,4-14H2,1-3H3,(H,21,25)(H2,20,22,23). The smallest absolute Gasteiger partial charge is 0.223 e. The first-order valence-corrected chi connectivity index (χ1v) is 10.1. The molecule has 144 valence electrons. The maximum Gasteiger partial charge on any atom is 0.223 e. The molecular formula is C19H37N5O. The van der Waals surface area contributed by atoms with Gasteiger partial charge in [-0.1, -0.05) is 13.8 Å². The van der Waals surface area contributed by atoms with Crippen molar-refractivity contribution in [2.24, 2.45) is 22.7 Å². The van der Waals surface area contributed by atoms with Crippen LogP contribution in [-0.2, 0) is 4.79 Å². The van der Waals surface area contributed by atoms with E-state index in [1.807, 2.05) is 0 Å². The van der Waals surface area contributed by atoms with Crippen molar-refractivity contribution in [3.8, 4) is 0 Å². The molecule has 2 atom stereocenters. The van der Waals surface area contributed by atoms with E-state index in [-0.39, 0.29) is 11.8 Å². The summed E-state index contributed by atoms with van der Waals surface area (Å²) < 4.78 is 0. The molecule has 2 rings (SSSR count). The number of hydrogen-bond donors (Lipinski definition) is 3. The molecule has 0 aromatic rings. The highest BCUT2D eigenvalue weighted by atomic mass is 16.2. The SMILES string of the molecule is CCNC(=NCCCN1CC(C)CC(C)C1)NCCNC(=O)C1CC1. The Hall–Kier alpha value is -1.30. The van der Waals surface area contributed by atoms with Gasteiger partial charge in [0.15, 0.2) is 5.96 Å². The molecule has 0 aromatic heterocycles. The number of carbonyl (C=O) groups excluding carboxylic acids is 1. The van der Waals surface area contributed by atoms with Crippen molar-refractivity contribution in [3.63, 3.8) is 0 Å². The van der Waals surface area contributed by atoms with Crippen LogP contribution in [0.3, 0.4) is 0 Å². The summed E-state index contributed by atoms with van der Waals surface area (Å²) in [4.78, 5) is 18.8. The molecule has 0 aromatic carbocycles. The summed E-state index contributed by atoms with van der Waals surface area (Å²) in [6.07, 6.45) is 4.56. The second kappa shape index (κ2) is 10.6. The minimum atomic E-state index is 0.203. The van der Waals surface area contributed by atoms with Gasteiger partial charge in [-0.05, 0) is 51.0 Å². The second-order valence-corrected chi connectivity index (χ2v) is 7.81. The summed E-state index contributed by atoms with van der Waals surface area (Å²) in [5, 5.41) is 9.54. The summed E-state index contributed by atoms with van der Waals surface area (Å²) in [6.45, 7) is 13.4. The molecule has 1 saturated heterocycles. The lowest BCUT2D eigenvalue weighted by Crippen LogP contribution is -2.42. The third-order valence-electron chi connectivity index (χ3n) is 4.86. The molecule has 1 aliphatic carbocycles. The number of carbonyl (C=O) groups is 1. The van der Waals surface area contributed by atoms with E-state index >= 15 is 0 Å². The molecule has 1 heterocycles. The molecular weight excluding hydrogens is 314 g/mol. The molecule has 2 aliphatic rings. The molecule has 0 radical (unpaired) electrons. The molecule has 6 heteroatoms. The van der Waals surface area contributed by atoms with Crippen LogP contribution in [-0.4, -0.2) is 62.6 Å². The summed E-state index contributed by atoms with van der Waals surface area (Å²) in [5.41, 5.74) is 0. The van der Waals surface area contributed by atoms with Gasteiger partial charge in [0.25, 0.3) is 0 Å². The van der Waals surface area contributed by atoms with Crippen molar-refractivity contribution >= 4 is 11.9 Å². The van der Waals surface area contributed by atoms with E-state index in [1.54, 1.807) is 0 Å². The van der Waals surface area contributed by atoms with E-state index in [0.717, 1.165) is 56.7 Å². The third kappa shape index (κ3) is 8.08. The van der Waals surface area contributed by atoms with E-state index in [0.29, 0.717) is 13.1 Å². The van der Waals surface area contributed by atoms with Gasteiger partial charge in [0.05, 0.1) is 0 Å². The number of amides is 1. The molecule has 3 N–H and O–H groups in total. The van der Waals surface area contributed by atoms with Crippen molar-refractivity contribution < 1.29 is 4.79 Å². The van der Waals surface area contributed by atoms with Crippen LogP contribution in [0.5, 0.6) is 0 Å². The van der Waals surface area contributed by atoms with Gasteiger partial charge in [-0.25, -0.2) is 0 Å². The van der Waals surface area contributed by atoms with Crippen LogP contribution in [0.4, 0.5) is 0 Å². The van der Waals surface area contributed by atoms with Crippen molar-refractivity contribution in [2.45, 2.75) is 46.5 Å². The normalized spacial score (nSPS) is 24.8. The monoisotopic (exact) mass is 351 g/mol. The summed E-state index contributed by atoms with van der Waals surface area (Å²) in [7, 11) is 0. The summed E-state index contributed by atoms with van der Waals surface area (Å²) in [6, 6.07) is 0. The fraction of sp³-hybridized carbons (Fsp3) is 0.895. The topological polar surface area (TPSA) is 68.8 Å². The zero-order chi connectivity index (χ0) is 18.1. The lowest BCUT2D eigenvalue weighted by Gasteiger charge is -2.34. The van der Waals surface area contributed by atoms with Gasteiger partial charge < -0.3 is 20.9 Å². The van der Waals surface area contributed by atoms with Gasteiger partial charge in [0, 0.05) is 45.2 Å². The molecule has 1 saturated carbocycles. The minimum Gasteiger partial charge on any atom is -0.357 e. The van der Waals surface area contributed by atoms with E-state index in [9.17, 15) is 4.79 Å².